The predicted octanol–water partition coefficient (Wildman–Crippen LogP) is -0.567. The van der Waals surface area contributed by atoms with Gasteiger partial charge in [0.05, 0.1) is 0 Å². The normalized spacial score (nSPS) is 18.8. The van der Waals surface area contributed by atoms with Gasteiger partial charge in [0.1, 0.15) is 0 Å². The van der Waals surface area contributed by atoms with Crippen molar-refractivity contribution in [3.05, 3.63) is 0 Å². The van der Waals surface area contributed by atoms with Gasteiger partial charge in [-0.3, -0.25) is 10.2 Å². The summed E-state index contributed by atoms with van der Waals surface area (Å²) in [5.74, 6) is -0.875. The number of nitrogens with zero attached hydrogens (tertiary/aromatic N) is 1. The minimum atomic E-state index is -0.875. The fourth-order valence-electron chi connectivity index (χ4n) is 0.224. The molecular formula is C5H14N2O. The van der Waals surface area contributed by atoms with Crippen LogP contribution in [0.1, 0.15) is 6.92 Å². The van der Waals surface area contributed by atoms with E-state index in [1.165, 1.54) is 0 Å². The summed E-state index contributed by atoms with van der Waals surface area (Å²) in [5.41, 5.74) is 0. The molecule has 2 N–H and O–H groups in total. The van der Waals surface area contributed by atoms with Crippen molar-refractivity contribution in [3.63, 3.8) is 0 Å². The van der Waals surface area contributed by atoms with Crippen LogP contribution in [-0.4, -0.2) is 37.0 Å². The third kappa shape index (κ3) is 1.78. The summed E-state index contributed by atoms with van der Waals surface area (Å²) in [6.45, 7) is 1.69. The number of nitrogens with one attached hydrogen (secondary N) is 1. The first-order valence-corrected chi connectivity index (χ1v) is 2.59. The lowest BCUT2D eigenvalue weighted by atomic mass is 10.4. The molecular weight excluding hydrogens is 104 g/mol. The molecule has 0 aromatic heterocycles. The highest BCUT2D eigenvalue weighted by Crippen LogP contribution is 1.97. The second kappa shape index (κ2) is 2.44. The molecule has 1 atom stereocenters. The molecule has 3 nitrogen and oxygen atoms in total. The fourth-order valence-corrected chi connectivity index (χ4v) is 0.224. The van der Waals surface area contributed by atoms with Crippen LogP contribution in [0.2, 0.25) is 0 Å². The number of hydrogen-bond donors (Lipinski definition) is 2. The van der Waals surface area contributed by atoms with Crippen molar-refractivity contribution in [1.29, 1.82) is 0 Å². The largest absolute Gasteiger partial charge is 0.363 e. The summed E-state index contributed by atoms with van der Waals surface area (Å²) < 4.78 is 0. The van der Waals surface area contributed by atoms with Gasteiger partial charge in [-0.2, -0.15) is 0 Å². The van der Waals surface area contributed by atoms with E-state index in [1.807, 2.05) is 0 Å². The molecule has 0 fully saturated rings. The van der Waals surface area contributed by atoms with Gasteiger partial charge in [-0.05, 0) is 28.1 Å². The average Bonchev–Trinajstić information content (AvgIpc) is 1.67. The van der Waals surface area contributed by atoms with Crippen LogP contribution in [0.4, 0.5) is 0 Å². The third-order valence-corrected chi connectivity index (χ3v) is 1.34. The van der Waals surface area contributed by atoms with E-state index in [0.717, 1.165) is 0 Å². The molecule has 0 aliphatic heterocycles. The molecule has 0 saturated carbocycles. The van der Waals surface area contributed by atoms with E-state index in [2.05, 4.69) is 5.32 Å². The minimum absolute atomic E-state index is 0.875. The first-order valence-electron chi connectivity index (χ1n) is 2.59. The van der Waals surface area contributed by atoms with Crippen molar-refractivity contribution < 1.29 is 5.11 Å². The Morgan fingerprint density at radius 1 is 1.50 bits per heavy atom. The quantitative estimate of drug-likeness (QED) is 0.477. The zero-order valence-corrected chi connectivity index (χ0v) is 5.89. The van der Waals surface area contributed by atoms with Crippen LogP contribution in [0.15, 0.2) is 0 Å². The zero-order chi connectivity index (χ0) is 6.78. The molecule has 8 heavy (non-hydrogen) atoms. The van der Waals surface area contributed by atoms with E-state index in [0.29, 0.717) is 0 Å². The summed E-state index contributed by atoms with van der Waals surface area (Å²) in [6, 6.07) is 0. The monoisotopic (exact) mass is 118 g/mol. The van der Waals surface area contributed by atoms with E-state index in [-0.39, 0.29) is 0 Å². The Morgan fingerprint density at radius 2 is 1.88 bits per heavy atom. The summed E-state index contributed by atoms with van der Waals surface area (Å²) in [5, 5.41) is 11.9. The van der Waals surface area contributed by atoms with Gasteiger partial charge in [0, 0.05) is 0 Å². The lowest BCUT2D eigenvalue weighted by Gasteiger charge is -2.29. The SMILES string of the molecule is CNC(C)(O)N(C)C. The van der Waals surface area contributed by atoms with Crippen molar-refractivity contribution >= 4 is 0 Å². The van der Waals surface area contributed by atoms with E-state index in [9.17, 15) is 5.11 Å². The molecule has 0 heterocycles. The van der Waals surface area contributed by atoms with Crippen LogP contribution in [0.5, 0.6) is 0 Å². The molecule has 0 spiro atoms. The number of hydrogen-bond acceptors (Lipinski definition) is 3. The maximum absolute atomic E-state index is 9.22. The second-order valence-corrected chi connectivity index (χ2v) is 2.17. The Bertz CT molecular complexity index is 70.8. The van der Waals surface area contributed by atoms with Crippen LogP contribution < -0.4 is 5.32 Å². The fraction of sp³-hybridized carbons (Fsp3) is 1.00. The van der Waals surface area contributed by atoms with E-state index >= 15 is 0 Å². The molecule has 0 radical (unpaired) electrons. The van der Waals surface area contributed by atoms with Crippen molar-refractivity contribution in [2.45, 2.75) is 12.8 Å². The van der Waals surface area contributed by atoms with Gasteiger partial charge in [0.2, 0.25) is 0 Å². The summed E-state index contributed by atoms with van der Waals surface area (Å²) in [4.78, 5) is 1.69. The maximum Gasteiger partial charge on any atom is 0.170 e. The standard InChI is InChI=1S/C5H14N2O/c1-5(8,6-2)7(3)4/h6,8H,1-4H3. The Balaban J connectivity index is 3.71. The summed E-state index contributed by atoms with van der Waals surface area (Å²) in [6.07, 6.45) is 0. The zero-order valence-electron chi connectivity index (χ0n) is 5.89. The van der Waals surface area contributed by atoms with Crippen molar-refractivity contribution in [2.24, 2.45) is 0 Å². The van der Waals surface area contributed by atoms with Gasteiger partial charge >= 0.3 is 0 Å². The first-order chi connectivity index (χ1) is 3.50. The van der Waals surface area contributed by atoms with Gasteiger partial charge in [0.15, 0.2) is 5.85 Å². The first kappa shape index (κ1) is 7.88. The summed E-state index contributed by atoms with van der Waals surface area (Å²) in [7, 11) is 5.31. The molecule has 50 valence electrons. The maximum atomic E-state index is 9.22. The van der Waals surface area contributed by atoms with Gasteiger partial charge in [-0.25, -0.2) is 0 Å². The molecule has 0 rings (SSSR count). The van der Waals surface area contributed by atoms with Gasteiger partial charge in [-0.1, -0.05) is 0 Å². The molecule has 0 aliphatic carbocycles. The van der Waals surface area contributed by atoms with E-state index in [4.69, 9.17) is 0 Å². The molecule has 3 heteroatoms. The molecule has 0 amide bonds. The Kier molecular flexibility index (Phi) is 2.40. The lowest BCUT2D eigenvalue weighted by molar-refractivity contribution is -0.0882. The molecule has 0 aromatic rings. The highest BCUT2D eigenvalue weighted by atomic mass is 16.3. The van der Waals surface area contributed by atoms with Crippen molar-refractivity contribution in [1.82, 2.24) is 10.2 Å². The van der Waals surface area contributed by atoms with E-state index in [1.54, 1.807) is 33.0 Å². The van der Waals surface area contributed by atoms with Gasteiger partial charge in [0.25, 0.3) is 0 Å². The highest BCUT2D eigenvalue weighted by molar-refractivity contribution is 4.60. The minimum Gasteiger partial charge on any atom is -0.363 e. The van der Waals surface area contributed by atoms with Crippen molar-refractivity contribution in [2.75, 3.05) is 21.1 Å². The lowest BCUT2D eigenvalue weighted by Crippen LogP contribution is -2.51. The van der Waals surface area contributed by atoms with Crippen LogP contribution in [0.25, 0.3) is 0 Å². The van der Waals surface area contributed by atoms with Gasteiger partial charge < -0.3 is 5.11 Å². The van der Waals surface area contributed by atoms with Gasteiger partial charge in [-0.15, -0.1) is 0 Å². The topological polar surface area (TPSA) is 35.5 Å². The number of rotatable bonds is 2. The average molecular weight is 118 g/mol. The Labute approximate surface area is 50.3 Å². The second-order valence-electron chi connectivity index (χ2n) is 2.17. The molecule has 0 aromatic carbocycles. The highest BCUT2D eigenvalue weighted by Gasteiger charge is 2.18. The molecule has 0 bridgehead atoms. The van der Waals surface area contributed by atoms with Crippen LogP contribution in [0.3, 0.4) is 0 Å². The molecule has 0 saturated heterocycles. The van der Waals surface area contributed by atoms with Crippen LogP contribution in [0, 0.1) is 0 Å². The van der Waals surface area contributed by atoms with Crippen molar-refractivity contribution in [3.8, 4) is 0 Å². The summed E-state index contributed by atoms with van der Waals surface area (Å²) >= 11 is 0. The molecule has 0 aliphatic rings. The predicted molar refractivity (Wildman–Crippen MR) is 33.4 cm³/mol. The van der Waals surface area contributed by atoms with Crippen LogP contribution in [-0.2, 0) is 0 Å². The molecule has 1 unspecified atom stereocenters. The van der Waals surface area contributed by atoms with E-state index < -0.39 is 5.85 Å². The third-order valence-electron chi connectivity index (χ3n) is 1.34. The number of aliphatic hydroxyl groups is 1. The van der Waals surface area contributed by atoms with Crippen LogP contribution >= 0.6 is 0 Å². The Hall–Kier alpha value is -0.120. The Morgan fingerprint density at radius 3 is 1.88 bits per heavy atom. The smallest absolute Gasteiger partial charge is 0.170 e.